The van der Waals surface area contributed by atoms with Crippen LogP contribution in [0.25, 0.3) is 0 Å². The largest absolute Gasteiger partial charge is 0.379 e. The summed E-state index contributed by atoms with van der Waals surface area (Å²) in [6.07, 6.45) is 6.46. The van der Waals surface area contributed by atoms with Crippen LogP contribution in [0, 0.1) is 0 Å². The van der Waals surface area contributed by atoms with Gasteiger partial charge in [0.15, 0.2) is 0 Å². The highest BCUT2D eigenvalue weighted by atomic mass is 32.1. The van der Waals surface area contributed by atoms with E-state index in [9.17, 15) is 0 Å². The highest BCUT2D eigenvalue weighted by Gasteiger charge is 2.09. The first-order chi connectivity index (χ1) is 10.3. The predicted octanol–water partition coefficient (Wildman–Crippen LogP) is 3.53. The number of ether oxygens (including phenoxy) is 3. The van der Waals surface area contributed by atoms with Crippen LogP contribution in [-0.2, 0) is 14.2 Å². The summed E-state index contributed by atoms with van der Waals surface area (Å²) in [5.41, 5.74) is 0. The van der Waals surface area contributed by atoms with E-state index in [-0.39, 0.29) is 6.10 Å². The molecule has 0 radical (unpaired) electrons. The van der Waals surface area contributed by atoms with Gasteiger partial charge in [0.1, 0.15) is 6.10 Å². The van der Waals surface area contributed by atoms with Crippen molar-refractivity contribution >= 4 is 37.9 Å². The summed E-state index contributed by atoms with van der Waals surface area (Å²) in [6.45, 7) is 3.53. The molecular weight excluding hydrogens is 324 g/mol. The SMILES string of the molecule is SCCCCOCC(COCCCCS)OCCCCS. The number of hydrogen-bond acceptors (Lipinski definition) is 6. The number of hydrogen-bond donors (Lipinski definition) is 3. The molecule has 0 heterocycles. The maximum atomic E-state index is 5.84. The quantitative estimate of drug-likeness (QED) is 0.275. The Morgan fingerprint density at radius 1 is 0.571 bits per heavy atom. The zero-order chi connectivity index (χ0) is 15.6. The van der Waals surface area contributed by atoms with Crippen molar-refractivity contribution in [3.8, 4) is 0 Å². The van der Waals surface area contributed by atoms with Crippen LogP contribution in [-0.4, -0.2) is 56.4 Å². The van der Waals surface area contributed by atoms with Gasteiger partial charge in [-0.15, -0.1) is 0 Å². The van der Waals surface area contributed by atoms with Crippen molar-refractivity contribution in [2.45, 2.75) is 44.6 Å². The minimum atomic E-state index is 0.0388. The Balaban J connectivity index is 3.69. The van der Waals surface area contributed by atoms with E-state index in [4.69, 9.17) is 14.2 Å². The maximum Gasteiger partial charge on any atom is 0.104 e. The molecule has 0 saturated heterocycles. The molecule has 0 atom stereocenters. The maximum absolute atomic E-state index is 5.84. The van der Waals surface area contributed by atoms with E-state index >= 15 is 0 Å². The normalized spacial score (nSPS) is 11.4. The first kappa shape index (κ1) is 21.9. The van der Waals surface area contributed by atoms with Gasteiger partial charge in [0, 0.05) is 19.8 Å². The van der Waals surface area contributed by atoms with E-state index in [1.807, 2.05) is 0 Å². The summed E-state index contributed by atoms with van der Waals surface area (Å²) in [5.74, 6) is 2.75. The fourth-order valence-corrected chi connectivity index (χ4v) is 2.34. The lowest BCUT2D eigenvalue weighted by molar-refractivity contribution is -0.0610. The third kappa shape index (κ3) is 17.1. The van der Waals surface area contributed by atoms with Crippen molar-refractivity contribution in [3.05, 3.63) is 0 Å². The van der Waals surface area contributed by atoms with E-state index in [1.165, 1.54) is 0 Å². The molecule has 3 nitrogen and oxygen atoms in total. The molecule has 0 aliphatic carbocycles. The molecule has 0 bridgehead atoms. The van der Waals surface area contributed by atoms with Crippen LogP contribution in [0.3, 0.4) is 0 Å². The molecule has 21 heavy (non-hydrogen) atoms. The van der Waals surface area contributed by atoms with Gasteiger partial charge in [-0.25, -0.2) is 0 Å². The van der Waals surface area contributed by atoms with E-state index in [0.717, 1.165) is 75.6 Å². The fraction of sp³-hybridized carbons (Fsp3) is 1.00. The molecule has 128 valence electrons. The molecule has 0 aliphatic rings. The summed E-state index contributed by atoms with van der Waals surface area (Å²) in [5, 5.41) is 0. The Bertz CT molecular complexity index is 183. The lowest BCUT2D eigenvalue weighted by Gasteiger charge is -2.18. The molecule has 0 amide bonds. The highest BCUT2D eigenvalue weighted by Crippen LogP contribution is 2.02. The molecule has 0 aromatic rings. The van der Waals surface area contributed by atoms with Crippen LogP contribution in [0.2, 0.25) is 0 Å². The Labute approximate surface area is 147 Å². The average molecular weight is 357 g/mol. The zero-order valence-electron chi connectivity index (χ0n) is 13.0. The van der Waals surface area contributed by atoms with E-state index < -0.39 is 0 Å². The second kappa shape index (κ2) is 19.0. The van der Waals surface area contributed by atoms with Gasteiger partial charge >= 0.3 is 0 Å². The summed E-state index contributed by atoms with van der Waals surface area (Å²) in [7, 11) is 0. The summed E-state index contributed by atoms with van der Waals surface area (Å²) < 4.78 is 17.2. The molecule has 0 fully saturated rings. The molecule has 0 N–H and O–H groups in total. The Morgan fingerprint density at radius 3 is 1.43 bits per heavy atom. The molecule has 0 aromatic heterocycles. The first-order valence-corrected chi connectivity index (χ1v) is 9.84. The van der Waals surface area contributed by atoms with Gasteiger partial charge in [-0.05, 0) is 55.8 Å². The molecule has 0 aliphatic heterocycles. The highest BCUT2D eigenvalue weighted by molar-refractivity contribution is 7.80. The topological polar surface area (TPSA) is 27.7 Å². The Kier molecular flexibility index (Phi) is 19.8. The number of unbranched alkanes of at least 4 members (excludes halogenated alkanes) is 3. The molecule has 0 saturated carbocycles. The molecular formula is C15H32O3S3. The van der Waals surface area contributed by atoms with Crippen LogP contribution in [0.4, 0.5) is 0 Å². The van der Waals surface area contributed by atoms with Crippen LogP contribution < -0.4 is 0 Å². The van der Waals surface area contributed by atoms with Crippen molar-refractivity contribution in [3.63, 3.8) is 0 Å². The van der Waals surface area contributed by atoms with Crippen LogP contribution in [0.5, 0.6) is 0 Å². The number of rotatable bonds is 17. The van der Waals surface area contributed by atoms with Gasteiger partial charge in [0.05, 0.1) is 13.2 Å². The van der Waals surface area contributed by atoms with Crippen LogP contribution in [0.15, 0.2) is 0 Å². The van der Waals surface area contributed by atoms with Crippen LogP contribution in [0.1, 0.15) is 38.5 Å². The van der Waals surface area contributed by atoms with Crippen molar-refractivity contribution < 1.29 is 14.2 Å². The molecule has 0 unspecified atom stereocenters. The lowest BCUT2D eigenvalue weighted by atomic mass is 10.3. The van der Waals surface area contributed by atoms with Gasteiger partial charge in [-0.2, -0.15) is 37.9 Å². The summed E-state index contributed by atoms with van der Waals surface area (Å²) in [6, 6.07) is 0. The van der Waals surface area contributed by atoms with Crippen molar-refractivity contribution in [1.29, 1.82) is 0 Å². The molecule has 6 heteroatoms. The third-order valence-corrected chi connectivity index (χ3v) is 3.86. The first-order valence-electron chi connectivity index (χ1n) is 7.94. The van der Waals surface area contributed by atoms with E-state index in [0.29, 0.717) is 13.2 Å². The van der Waals surface area contributed by atoms with E-state index in [2.05, 4.69) is 37.9 Å². The zero-order valence-corrected chi connectivity index (χ0v) is 15.7. The molecule has 0 aromatic carbocycles. The smallest absolute Gasteiger partial charge is 0.104 e. The van der Waals surface area contributed by atoms with E-state index in [1.54, 1.807) is 0 Å². The number of thiol groups is 3. The van der Waals surface area contributed by atoms with Crippen molar-refractivity contribution in [1.82, 2.24) is 0 Å². The Hall–Kier alpha value is 0.930. The van der Waals surface area contributed by atoms with Gasteiger partial charge in [0.2, 0.25) is 0 Å². The second-order valence-corrected chi connectivity index (χ2v) is 6.28. The second-order valence-electron chi connectivity index (χ2n) is 4.93. The molecule has 0 rings (SSSR count). The fourth-order valence-electron chi connectivity index (χ4n) is 1.67. The minimum Gasteiger partial charge on any atom is -0.379 e. The average Bonchev–Trinajstić information content (AvgIpc) is 2.50. The summed E-state index contributed by atoms with van der Waals surface area (Å²) >= 11 is 12.6. The predicted molar refractivity (Wildman–Crippen MR) is 101 cm³/mol. The third-order valence-electron chi connectivity index (χ3n) is 2.91. The lowest BCUT2D eigenvalue weighted by Crippen LogP contribution is -2.27. The minimum absolute atomic E-state index is 0.0388. The van der Waals surface area contributed by atoms with Crippen LogP contribution >= 0.6 is 37.9 Å². The molecule has 0 spiro atoms. The van der Waals surface area contributed by atoms with Gasteiger partial charge < -0.3 is 14.2 Å². The van der Waals surface area contributed by atoms with Gasteiger partial charge in [0.25, 0.3) is 0 Å². The van der Waals surface area contributed by atoms with Crippen molar-refractivity contribution in [2.24, 2.45) is 0 Å². The van der Waals surface area contributed by atoms with Gasteiger partial charge in [-0.3, -0.25) is 0 Å². The summed E-state index contributed by atoms with van der Waals surface area (Å²) in [4.78, 5) is 0. The standard InChI is InChI=1S/C15H32O3S3/c19-10-4-1-7-16-13-15(18-9-3-6-12-21)14-17-8-2-5-11-20/h15,19-21H,1-14H2. The monoisotopic (exact) mass is 356 g/mol. The van der Waals surface area contributed by atoms with Crippen molar-refractivity contribution in [2.75, 3.05) is 50.3 Å². The Morgan fingerprint density at radius 2 is 1.00 bits per heavy atom. The van der Waals surface area contributed by atoms with Gasteiger partial charge in [-0.1, -0.05) is 0 Å².